The van der Waals surface area contributed by atoms with Gasteiger partial charge in [0.05, 0.1) is 6.61 Å². The molecule has 1 aliphatic rings. The van der Waals surface area contributed by atoms with Gasteiger partial charge in [0.25, 0.3) is 0 Å². The van der Waals surface area contributed by atoms with Crippen molar-refractivity contribution < 1.29 is 18.8 Å². The van der Waals surface area contributed by atoms with Gasteiger partial charge in [-0.25, -0.2) is 0 Å². The van der Waals surface area contributed by atoms with Crippen LogP contribution in [-0.4, -0.2) is 24.2 Å². The molecule has 1 fully saturated rings. The molecule has 5 heteroatoms. The van der Waals surface area contributed by atoms with Crippen LogP contribution in [0.15, 0.2) is 40.9 Å². The van der Waals surface area contributed by atoms with Crippen molar-refractivity contribution in [3.63, 3.8) is 0 Å². The molecule has 1 aromatic carbocycles. The molecule has 0 aliphatic carbocycles. The van der Waals surface area contributed by atoms with Gasteiger partial charge in [0.15, 0.2) is 11.5 Å². The van der Waals surface area contributed by atoms with E-state index in [1.807, 2.05) is 30.3 Å². The maximum Gasteiger partial charge on any atom is 0.184 e. The number of hydrogen-bond acceptors (Lipinski definition) is 5. The Balaban J connectivity index is 1.38. The smallest absolute Gasteiger partial charge is 0.184 e. The van der Waals surface area contributed by atoms with Crippen LogP contribution in [0, 0.1) is 5.92 Å². The third kappa shape index (κ3) is 5.01. The highest BCUT2D eigenvalue weighted by Gasteiger charge is 2.17. The minimum Gasteiger partial charge on any atom is -0.381 e. The van der Waals surface area contributed by atoms with Crippen LogP contribution in [0.3, 0.4) is 0 Å². The van der Waals surface area contributed by atoms with E-state index in [4.69, 9.17) is 14.0 Å². The molecule has 0 amide bonds. The summed E-state index contributed by atoms with van der Waals surface area (Å²) in [5.74, 6) is 1.22. The molecule has 1 saturated heterocycles. The first-order valence-electron chi connectivity index (χ1n) is 8.49. The highest BCUT2D eigenvalue weighted by molar-refractivity contribution is 5.94. The number of rotatable bonds is 9. The summed E-state index contributed by atoms with van der Waals surface area (Å²) in [5.41, 5.74) is 1.50. The number of ether oxygens (including phenoxy) is 2. The third-order valence-electron chi connectivity index (χ3n) is 4.24. The second-order valence-electron chi connectivity index (χ2n) is 6.20. The Hall–Kier alpha value is -1.98. The van der Waals surface area contributed by atoms with Crippen LogP contribution in [0.4, 0.5) is 0 Å². The summed E-state index contributed by atoms with van der Waals surface area (Å²) >= 11 is 0. The van der Waals surface area contributed by atoms with E-state index in [1.54, 1.807) is 6.07 Å². The van der Waals surface area contributed by atoms with E-state index < -0.39 is 0 Å². The van der Waals surface area contributed by atoms with Gasteiger partial charge in [0.1, 0.15) is 12.3 Å². The maximum atomic E-state index is 12.1. The van der Waals surface area contributed by atoms with Crippen molar-refractivity contribution in [2.45, 2.75) is 38.9 Å². The third-order valence-corrected chi connectivity index (χ3v) is 4.24. The number of nitrogens with zero attached hydrogens (tertiary/aromatic N) is 1. The molecule has 2 heterocycles. The maximum absolute atomic E-state index is 12.1. The normalized spacial score (nSPS) is 17.2. The predicted octanol–water partition coefficient (Wildman–Crippen LogP) is 3.78. The Bertz CT molecular complexity index is 632. The Morgan fingerprint density at radius 3 is 2.92 bits per heavy atom. The highest BCUT2D eigenvalue weighted by Crippen LogP contribution is 2.20. The van der Waals surface area contributed by atoms with Crippen LogP contribution in [0.25, 0.3) is 0 Å². The monoisotopic (exact) mass is 329 g/mol. The molecule has 0 radical (unpaired) electrons. The number of carbonyl (C=O) groups excluding carboxylic acids is 1. The van der Waals surface area contributed by atoms with Gasteiger partial charge in [-0.15, -0.1) is 0 Å². The fourth-order valence-electron chi connectivity index (χ4n) is 2.85. The minimum absolute atomic E-state index is 0.0342. The van der Waals surface area contributed by atoms with E-state index in [1.165, 1.54) is 0 Å². The minimum atomic E-state index is 0.0342. The van der Waals surface area contributed by atoms with Crippen molar-refractivity contribution in [2.24, 2.45) is 5.92 Å². The molecular formula is C19H23NO4. The van der Waals surface area contributed by atoms with Crippen LogP contribution in [0.5, 0.6) is 0 Å². The summed E-state index contributed by atoms with van der Waals surface area (Å²) in [5, 5.41) is 3.86. The van der Waals surface area contributed by atoms with Crippen LogP contribution in [0.2, 0.25) is 0 Å². The zero-order chi connectivity index (χ0) is 16.6. The Labute approximate surface area is 141 Å². The van der Waals surface area contributed by atoms with Crippen molar-refractivity contribution in [3.8, 4) is 0 Å². The lowest BCUT2D eigenvalue weighted by atomic mass is 10.00. The highest BCUT2D eigenvalue weighted by atomic mass is 16.5. The first-order valence-corrected chi connectivity index (χ1v) is 8.49. The van der Waals surface area contributed by atoms with Gasteiger partial charge in [-0.05, 0) is 30.7 Å². The lowest BCUT2D eigenvalue weighted by Gasteiger charge is -2.05. The fourth-order valence-corrected chi connectivity index (χ4v) is 2.85. The summed E-state index contributed by atoms with van der Waals surface area (Å²) in [6, 6.07) is 11.6. The van der Waals surface area contributed by atoms with Crippen LogP contribution in [-0.2, 0) is 22.7 Å². The quantitative estimate of drug-likeness (QED) is 0.655. The number of ketones is 1. The Morgan fingerprint density at radius 1 is 1.25 bits per heavy atom. The van der Waals surface area contributed by atoms with E-state index in [-0.39, 0.29) is 5.78 Å². The molecule has 128 valence electrons. The zero-order valence-corrected chi connectivity index (χ0v) is 13.8. The van der Waals surface area contributed by atoms with Crippen LogP contribution < -0.4 is 0 Å². The van der Waals surface area contributed by atoms with Gasteiger partial charge >= 0.3 is 0 Å². The Kier molecular flexibility index (Phi) is 6.15. The number of benzene rings is 1. The summed E-state index contributed by atoms with van der Waals surface area (Å²) < 4.78 is 16.1. The average Bonchev–Trinajstić information content (AvgIpc) is 3.28. The molecule has 1 unspecified atom stereocenters. The number of hydrogen-bond donors (Lipinski definition) is 0. The van der Waals surface area contributed by atoms with E-state index >= 15 is 0 Å². The van der Waals surface area contributed by atoms with Crippen molar-refractivity contribution in [1.29, 1.82) is 0 Å². The summed E-state index contributed by atoms with van der Waals surface area (Å²) in [4.78, 5) is 12.1. The van der Waals surface area contributed by atoms with E-state index in [9.17, 15) is 4.79 Å². The van der Waals surface area contributed by atoms with Crippen molar-refractivity contribution in [3.05, 3.63) is 53.4 Å². The predicted molar refractivity (Wildman–Crippen MR) is 88.5 cm³/mol. The first kappa shape index (κ1) is 16.9. The lowest BCUT2D eigenvalue weighted by Crippen LogP contribution is -2.03. The SMILES string of the molecule is O=C(CCCC1CCOC1)c1cc(COCc2ccccc2)on1. The van der Waals surface area contributed by atoms with E-state index in [0.717, 1.165) is 38.0 Å². The zero-order valence-electron chi connectivity index (χ0n) is 13.8. The van der Waals surface area contributed by atoms with Crippen LogP contribution in [0.1, 0.15) is 47.5 Å². The van der Waals surface area contributed by atoms with Gasteiger partial charge in [-0.3, -0.25) is 4.79 Å². The van der Waals surface area contributed by atoms with Gasteiger partial charge in [-0.1, -0.05) is 35.5 Å². The van der Waals surface area contributed by atoms with Gasteiger partial charge in [0, 0.05) is 25.7 Å². The summed E-state index contributed by atoms with van der Waals surface area (Å²) in [6.45, 7) is 2.51. The van der Waals surface area contributed by atoms with Crippen LogP contribution >= 0.6 is 0 Å². The standard InChI is InChI=1S/C19H23NO4/c21-19(8-4-7-16-9-10-22-12-16)18-11-17(24-20-18)14-23-13-15-5-2-1-3-6-15/h1-3,5-6,11,16H,4,7-10,12-14H2. The first-order chi connectivity index (χ1) is 11.8. The van der Waals surface area contributed by atoms with E-state index in [0.29, 0.717) is 37.0 Å². The topological polar surface area (TPSA) is 61.6 Å². The molecule has 0 saturated carbocycles. The molecule has 24 heavy (non-hydrogen) atoms. The fraction of sp³-hybridized carbons (Fsp3) is 0.474. The second-order valence-corrected chi connectivity index (χ2v) is 6.20. The molecule has 0 bridgehead atoms. The number of carbonyl (C=O) groups is 1. The van der Waals surface area contributed by atoms with E-state index in [2.05, 4.69) is 5.16 Å². The molecule has 3 rings (SSSR count). The second kappa shape index (κ2) is 8.76. The van der Waals surface area contributed by atoms with Crippen molar-refractivity contribution in [2.75, 3.05) is 13.2 Å². The molecular weight excluding hydrogens is 306 g/mol. The Morgan fingerprint density at radius 2 is 2.12 bits per heavy atom. The van der Waals surface area contributed by atoms with Gasteiger partial charge < -0.3 is 14.0 Å². The largest absolute Gasteiger partial charge is 0.381 e. The molecule has 2 aromatic rings. The molecule has 1 atom stereocenters. The molecule has 1 aromatic heterocycles. The molecule has 0 spiro atoms. The van der Waals surface area contributed by atoms with Gasteiger partial charge in [0.2, 0.25) is 0 Å². The number of Topliss-reactive ketones (excluding diaryl/α,β-unsaturated/α-hetero) is 1. The van der Waals surface area contributed by atoms with Crippen molar-refractivity contribution >= 4 is 5.78 Å². The number of aromatic nitrogens is 1. The van der Waals surface area contributed by atoms with Crippen molar-refractivity contribution in [1.82, 2.24) is 5.16 Å². The molecule has 0 N–H and O–H groups in total. The van der Waals surface area contributed by atoms with Gasteiger partial charge in [-0.2, -0.15) is 0 Å². The lowest BCUT2D eigenvalue weighted by molar-refractivity contribution is 0.0879. The molecule has 1 aliphatic heterocycles. The average molecular weight is 329 g/mol. The molecule has 5 nitrogen and oxygen atoms in total. The summed E-state index contributed by atoms with van der Waals surface area (Å²) in [7, 11) is 0. The summed E-state index contributed by atoms with van der Waals surface area (Å²) in [6.07, 6.45) is 3.53.